The van der Waals surface area contributed by atoms with Crippen LogP contribution in [0.1, 0.15) is 0 Å². The van der Waals surface area contributed by atoms with E-state index in [1.54, 1.807) is 0 Å². The van der Waals surface area contributed by atoms with Crippen molar-refractivity contribution in [1.82, 2.24) is 0 Å². The van der Waals surface area contributed by atoms with Crippen molar-refractivity contribution in [2.75, 3.05) is 7.11 Å². The van der Waals surface area contributed by atoms with Gasteiger partial charge in [0.05, 0.1) is 7.11 Å². The summed E-state index contributed by atoms with van der Waals surface area (Å²) in [6.07, 6.45) is 0. The first-order valence-corrected chi connectivity index (χ1v) is 4.94. The zero-order valence-electron chi connectivity index (χ0n) is 9.08. The van der Waals surface area contributed by atoms with Crippen molar-refractivity contribution in [3.05, 3.63) is 48.0 Å². The topological polar surface area (TPSA) is 29.5 Å². The molecule has 88 valence electrons. The van der Waals surface area contributed by atoms with Crippen LogP contribution < -0.4 is 4.74 Å². The fourth-order valence-electron chi connectivity index (χ4n) is 1.57. The van der Waals surface area contributed by atoms with Gasteiger partial charge in [0.25, 0.3) is 0 Å². The van der Waals surface area contributed by atoms with E-state index in [9.17, 15) is 13.9 Å². The summed E-state index contributed by atoms with van der Waals surface area (Å²) in [5, 5.41) is 9.42. The summed E-state index contributed by atoms with van der Waals surface area (Å²) in [4.78, 5) is 0. The van der Waals surface area contributed by atoms with E-state index >= 15 is 0 Å². The number of hydrogen-bond donors (Lipinski definition) is 1. The van der Waals surface area contributed by atoms with Gasteiger partial charge in [-0.15, -0.1) is 0 Å². The van der Waals surface area contributed by atoms with Crippen molar-refractivity contribution in [3.8, 4) is 22.6 Å². The van der Waals surface area contributed by atoms with Gasteiger partial charge in [-0.3, -0.25) is 0 Å². The summed E-state index contributed by atoms with van der Waals surface area (Å²) in [7, 11) is 1.40. The average Bonchev–Trinajstić information content (AvgIpc) is 2.30. The lowest BCUT2D eigenvalue weighted by Gasteiger charge is -2.07. The molecule has 0 saturated carbocycles. The van der Waals surface area contributed by atoms with E-state index in [2.05, 4.69) is 0 Å². The molecule has 0 heterocycles. The SMILES string of the molecule is COc1cc(-c2ccc(F)cc2F)ccc1O. The Morgan fingerprint density at radius 1 is 1.06 bits per heavy atom. The third-order valence-corrected chi connectivity index (χ3v) is 2.42. The summed E-state index contributed by atoms with van der Waals surface area (Å²) in [6, 6.07) is 7.76. The normalized spacial score (nSPS) is 10.3. The highest BCUT2D eigenvalue weighted by molar-refractivity contribution is 5.67. The molecule has 2 aromatic carbocycles. The van der Waals surface area contributed by atoms with Crippen molar-refractivity contribution >= 4 is 0 Å². The Morgan fingerprint density at radius 2 is 1.82 bits per heavy atom. The quantitative estimate of drug-likeness (QED) is 0.866. The first-order chi connectivity index (χ1) is 8.11. The molecule has 0 radical (unpaired) electrons. The molecule has 2 nitrogen and oxygen atoms in total. The second-order valence-corrected chi connectivity index (χ2v) is 3.51. The summed E-state index contributed by atoms with van der Waals surface area (Å²) in [5.41, 5.74) is 0.766. The predicted octanol–water partition coefficient (Wildman–Crippen LogP) is 3.35. The van der Waals surface area contributed by atoms with E-state index in [-0.39, 0.29) is 17.1 Å². The first kappa shape index (κ1) is 11.4. The zero-order valence-corrected chi connectivity index (χ0v) is 9.08. The van der Waals surface area contributed by atoms with Crippen molar-refractivity contribution in [3.63, 3.8) is 0 Å². The molecule has 0 amide bonds. The molecule has 0 fully saturated rings. The van der Waals surface area contributed by atoms with Gasteiger partial charge in [-0.2, -0.15) is 0 Å². The number of halogens is 2. The maximum Gasteiger partial charge on any atom is 0.161 e. The minimum Gasteiger partial charge on any atom is -0.504 e. The van der Waals surface area contributed by atoms with Gasteiger partial charge in [0.2, 0.25) is 0 Å². The average molecular weight is 236 g/mol. The Hall–Kier alpha value is -2.10. The maximum atomic E-state index is 13.5. The maximum absolute atomic E-state index is 13.5. The lowest BCUT2D eigenvalue weighted by Crippen LogP contribution is -1.88. The van der Waals surface area contributed by atoms with E-state index in [0.29, 0.717) is 5.56 Å². The molecule has 0 unspecified atom stereocenters. The first-order valence-electron chi connectivity index (χ1n) is 4.94. The molecule has 2 aromatic rings. The molecular formula is C13H10F2O2. The molecule has 4 heteroatoms. The summed E-state index contributed by atoms with van der Waals surface area (Å²) >= 11 is 0. The van der Waals surface area contributed by atoms with Gasteiger partial charge in [0.1, 0.15) is 11.6 Å². The zero-order chi connectivity index (χ0) is 12.4. The molecule has 17 heavy (non-hydrogen) atoms. The monoisotopic (exact) mass is 236 g/mol. The van der Waals surface area contributed by atoms with Crippen molar-refractivity contribution in [2.45, 2.75) is 0 Å². The third kappa shape index (κ3) is 2.20. The molecule has 1 N–H and O–H groups in total. The molecular weight excluding hydrogens is 226 g/mol. The molecule has 0 aliphatic rings. The summed E-state index contributed by atoms with van der Waals surface area (Å²) < 4.78 is 31.2. The Kier molecular flexibility index (Phi) is 2.95. The van der Waals surface area contributed by atoms with E-state index in [1.165, 1.54) is 37.4 Å². The van der Waals surface area contributed by atoms with Crippen LogP contribution in [0.2, 0.25) is 0 Å². The van der Waals surface area contributed by atoms with Crippen molar-refractivity contribution in [1.29, 1.82) is 0 Å². The van der Waals surface area contributed by atoms with E-state index in [1.807, 2.05) is 0 Å². The fourth-order valence-corrected chi connectivity index (χ4v) is 1.57. The molecule has 0 spiro atoms. The number of aromatic hydroxyl groups is 1. The van der Waals surface area contributed by atoms with Gasteiger partial charge in [0, 0.05) is 11.6 Å². The number of ether oxygens (including phenoxy) is 1. The Morgan fingerprint density at radius 3 is 2.47 bits per heavy atom. The summed E-state index contributed by atoms with van der Waals surface area (Å²) in [6.45, 7) is 0. The van der Waals surface area contributed by atoms with Gasteiger partial charge in [-0.25, -0.2) is 8.78 Å². The Bertz CT molecular complexity index is 553. The van der Waals surface area contributed by atoms with Crippen LogP contribution in [0.3, 0.4) is 0 Å². The molecule has 0 atom stereocenters. The number of phenols is 1. The Balaban J connectivity index is 2.53. The highest BCUT2D eigenvalue weighted by Crippen LogP contribution is 2.32. The van der Waals surface area contributed by atoms with Crippen LogP contribution >= 0.6 is 0 Å². The number of rotatable bonds is 2. The number of phenolic OH excluding ortho intramolecular Hbond substituents is 1. The molecule has 2 rings (SSSR count). The number of methoxy groups -OCH3 is 1. The van der Waals surface area contributed by atoms with Gasteiger partial charge < -0.3 is 9.84 Å². The highest BCUT2D eigenvalue weighted by atomic mass is 19.1. The van der Waals surface area contributed by atoms with Crippen LogP contribution in [0.5, 0.6) is 11.5 Å². The van der Waals surface area contributed by atoms with E-state index in [4.69, 9.17) is 4.74 Å². The number of hydrogen-bond acceptors (Lipinski definition) is 2. The minimum absolute atomic E-state index is 0.0289. The van der Waals surface area contributed by atoms with Crippen LogP contribution in [-0.2, 0) is 0 Å². The smallest absolute Gasteiger partial charge is 0.161 e. The molecule has 0 bridgehead atoms. The van der Waals surface area contributed by atoms with Crippen molar-refractivity contribution < 1.29 is 18.6 Å². The summed E-state index contributed by atoms with van der Waals surface area (Å²) in [5.74, 6) is -1.07. The lowest BCUT2D eigenvalue weighted by atomic mass is 10.0. The minimum atomic E-state index is -0.655. The highest BCUT2D eigenvalue weighted by Gasteiger charge is 2.09. The van der Waals surface area contributed by atoms with Crippen LogP contribution in [0.25, 0.3) is 11.1 Å². The molecule has 0 aromatic heterocycles. The predicted molar refractivity (Wildman–Crippen MR) is 60.0 cm³/mol. The van der Waals surface area contributed by atoms with Crippen LogP contribution in [0, 0.1) is 11.6 Å². The van der Waals surface area contributed by atoms with Crippen LogP contribution in [-0.4, -0.2) is 12.2 Å². The largest absolute Gasteiger partial charge is 0.504 e. The second-order valence-electron chi connectivity index (χ2n) is 3.51. The van der Waals surface area contributed by atoms with Gasteiger partial charge in [0.15, 0.2) is 11.5 Å². The number of benzene rings is 2. The van der Waals surface area contributed by atoms with E-state index < -0.39 is 11.6 Å². The van der Waals surface area contributed by atoms with Gasteiger partial charge in [-0.1, -0.05) is 6.07 Å². The van der Waals surface area contributed by atoms with Crippen LogP contribution in [0.4, 0.5) is 8.78 Å². The lowest BCUT2D eigenvalue weighted by molar-refractivity contribution is 0.373. The fraction of sp³-hybridized carbons (Fsp3) is 0.0769. The molecule has 0 aliphatic heterocycles. The van der Waals surface area contributed by atoms with Crippen LogP contribution in [0.15, 0.2) is 36.4 Å². The van der Waals surface area contributed by atoms with Crippen molar-refractivity contribution in [2.24, 2.45) is 0 Å². The van der Waals surface area contributed by atoms with Gasteiger partial charge >= 0.3 is 0 Å². The third-order valence-electron chi connectivity index (χ3n) is 2.42. The standard InChI is InChI=1S/C13H10F2O2/c1-17-13-6-8(2-5-12(13)16)10-4-3-9(14)7-11(10)15/h2-7,16H,1H3. The molecule has 0 saturated heterocycles. The molecule has 0 aliphatic carbocycles. The van der Waals surface area contributed by atoms with E-state index in [0.717, 1.165) is 6.07 Å². The Labute approximate surface area is 97.1 Å². The second kappa shape index (κ2) is 4.41. The van der Waals surface area contributed by atoms with Gasteiger partial charge in [-0.05, 0) is 29.8 Å².